The third kappa shape index (κ3) is 3.78. The van der Waals surface area contributed by atoms with Gasteiger partial charge in [0, 0.05) is 30.7 Å². The number of aliphatic hydroxyl groups is 1. The van der Waals surface area contributed by atoms with E-state index in [-0.39, 0.29) is 11.4 Å². The van der Waals surface area contributed by atoms with Gasteiger partial charge in [-0.25, -0.2) is 0 Å². The van der Waals surface area contributed by atoms with Gasteiger partial charge in [0.25, 0.3) is 5.91 Å². The number of benzene rings is 1. The van der Waals surface area contributed by atoms with Gasteiger partial charge in [0.2, 0.25) is 0 Å². The number of nitrogens with zero attached hydrogens (tertiary/aromatic N) is 2. The lowest BCUT2D eigenvalue weighted by Crippen LogP contribution is -2.43. The molecule has 25 heavy (non-hydrogen) atoms. The van der Waals surface area contributed by atoms with Gasteiger partial charge >= 0.3 is 0 Å². The average Bonchev–Trinajstić information content (AvgIpc) is 2.86. The van der Waals surface area contributed by atoms with E-state index in [1.165, 1.54) is 6.92 Å². The molecule has 134 valence electrons. The summed E-state index contributed by atoms with van der Waals surface area (Å²) in [6, 6.07) is 6.93. The van der Waals surface area contributed by atoms with Crippen molar-refractivity contribution in [3.63, 3.8) is 0 Å². The molecule has 1 saturated heterocycles. The third-order valence-electron chi connectivity index (χ3n) is 4.63. The van der Waals surface area contributed by atoms with Crippen LogP contribution in [0.5, 0.6) is 0 Å². The van der Waals surface area contributed by atoms with Gasteiger partial charge < -0.3 is 14.7 Å². The van der Waals surface area contributed by atoms with Gasteiger partial charge in [-0.2, -0.15) is 0 Å². The van der Waals surface area contributed by atoms with E-state index in [4.69, 9.17) is 4.74 Å². The predicted molar refractivity (Wildman–Crippen MR) is 96.2 cm³/mol. The zero-order valence-electron chi connectivity index (χ0n) is 14.1. The average molecular weight is 409 g/mol. The molecule has 2 aliphatic heterocycles. The van der Waals surface area contributed by atoms with Crippen molar-refractivity contribution in [2.45, 2.75) is 13.0 Å². The number of ether oxygens (including phenoxy) is 1. The van der Waals surface area contributed by atoms with Crippen molar-refractivity contribution in [1.29, 1.82) is 0 Å². The normalized spacial score (nSPS) is 21.9. The zero-order chi connectivity index (χ0) is 18.0. The monoisotopic (exact) mass is 408 g/mol. The first-order valence-corrected chi connectivity index (χ1v) is 9.09. The number of aliphatic hydroxyl groups excluding tert-OH is 1. The Bertz CT molecular complexity index is 696. The molecule has 1 atom stereocenters. The van der Waals surface area contributed by atoms with Crippen molar-refractivity contribution >= 4 is 27.6 Å². The Kier molecular flexibility index (Phi) is 5.56. The smallest absolute Gasteiger partial charge is 0.290 e. The van der Waals surface area contributed by atoms with Crippen LogP contribution in [0, 0.1) is 0 Å². The number of amides is 1. The van der Waals surface area contributed by atoms with E-state index < -0.39 is 17.7 Å². The Hall–Kier alpha value is -1.70. The number of carbonyl (C=O) groups is 2. The lowest BCUT2D eigenvalue weighted by molar-refractivity contribution is -0.129. The number of carbonyl (C=O) groups excluding carboxylic acids is 2. The first-order valence-electron chi connectivity index (χ1n) is 8.29. The van der Waals surface area contributed by atoms with Crippen LogP contribution in [0.2, 0.25) is 0 Å². The molecule has 0 aliphatic carbocycles. The Morgan fingerprint density at radius 2 is 1.88 bits per heavy atom. The zero-order valence-corrected chi connectivity index (χ0v) is 15.7. The molecule has 1 unspecified atom stereocenters. The molecule has 0 spiro atoms. The number of Topliss-reactive ketones (excluding diaryl/α,β-unsaturated/α-hetero) is 1. The topological polar surface area (TPSA) is 70.1 Å². The summed E-state index contributed by atoms with van der Waals surface area (Å²) in [6.45, 7) is 5.53. The fraction of sp³-hybridized carbons (Fsp3) is 0.444. The second kappa shape index (κ2) is 7.68. The van der Waals surface area contributed by atoms with Crippen LogP contribution >= 0.6 is 15.9 Å². The lowest BCUT2D eigenvalue weighted by Gasteiger charge is -2.31. The van der Waals surface area contributed by atoms with Crippen LogP contribution in [-0.2, 0) is 14.3 Å². The van der Waals surface area contributed by atoms with Crippen molar-refractivity contribution in [3.05, 3.63) is 45.6 Å². The van der Waals surface area contributed by atoms with Crippen LogP contribution in [0.15, 0.2) is 40.1 Å². The van der Waals surface area contributed by atoms with Crippen molar-refractivity contribution in [3.8, 4) is 0 Å². The highest BCUT2D eigenvalue weighted by atomic mass is 79.9. The van der Waals surface area contributed by atoms with Gasteiger partial charge in [-0.3, -0.25) is 14.5 Å². The number of rotatable bonds is 5. The molecule has 1 aromatic carbocycles. The van der Waals surface area contributed by atoms with E-state index in [1.54, 1.807) is 4.90 Å². The summed E-state index contributed by atoms with van der Waals surface area (Å²) in [5.41, 5.74) is 0.988. The van der Waals surface area contributed by atoms with Gasteiger partial charge in [-0.05, 0) is 24.6 Å². The highest BCUT2D eigenvalue weighted by molar-refractivity contribution is 9.10. The SMILES string of the molecule is CC(=O)C1=C(O)C(=O)N(CCN2CCOCC2)C1c1ccc(Br)cc1. The molecular weight excluding hydrogens is 388 g/mol. The Morgan fingerprint density at radius 1 is 1.24 bits per heavy atom. The predicted octanol–water partition coefficient (Wildman–Crippen LogP) is 2.07. The van der Waals surface area contributed by atoms with Gasteiger partial charge in [0.15, 0.2) is 11.5 Å². The molecule has 2 heterocycles. The van der Waals surface area contributed by atoms with E-state index >= 15 is 0 Å². The first-order chi connectivity index (χ1) is 12.0. The van der Waals surface area contributed by atoms with Crippen LogP contribution in [0.4, 0.5) is 0 Å². The van der Waals surface area contributed by atoms with E-state index in [9.17, 15) is 14.7 Å². The Labute approximate surface area is 155 Å². The quantitative estimate of drug-likeness (QED) is 0.807. The maximum absolute atomic E-state index is 12.6. The lowest BCUT2D eigenvalue weighted by atomic mass is 9.97. The minimum Gasteiger partial charge on any atom is -0.503 e. The highest BCUT2D eigenvalue weighted by Gasteiger charge is 2.42. The minimum absolute atomic E-state index is 0.175. The van der Waals surface area contributed by atoms with Gasteiger partial charge in [-0.15, -0.1) is 0 Å². The second-order valence-electron chi connectivity index (χ2n) is 6.23. The maximum atomic E-state index is 12.6. The Balaban J connectivity index is 1.85. The number of hydrogen-bond acceptors (Lipinski definition) is 5. The van der Waals surface area contributed by atoms with E-state index in [1.807, 2.05) is 24.3 Å². The van der Waals surface area contributed by atoms with Crippen molar-refractivity contribution in [1.82, 2.24) is 9.80 Å². The molecule has 0 bridgehead atoms. The second-order valence-corrected chi connectivity index (χ2v) is 7.14. The maximum Gasteiger partial charge on any atom is 0.290 e. The van der Waals surface area contributed by atoms with Crippen molar-refractivity contribution in [2.24, 2.45) is 0 Å². The van der Waals surface area contributed by atoms with Gasteiger partial charge in [0.1, 0.15) is 0 Å². The molecule has 1 N–H and O–H groups in total. The van der Waals surface area contributed by atoms with Gasteiger partial charge in [0.05, 0.1) is 24.8 Å². The molecule has 0 radical (unpaired) electrons. The van der Waals surface area contributed by atoms with E-state index in [0.717, 1.165) is 23.1 Å². The van der Waals surface area contributed by atoms with Crippen molar-refractivity contribution in [2.75, 3.05) is 39.4 Å². The van der Waals surface area contributed by atoms with Crippen LogP contribution < -0.4 is 0 Å². The standard InChI is InChI=1S/C18H21BrN2O4/c1-12(22)15-16(13-2-4-14(19)5-3-13)21(18(24)17(15)23)7-6-20-8-10-25-11-9-20/h2-5,16,23H,6-11H2,1H3. The fourth-order valence-corrected chi connectivity index (χ4v) is 3.57. The molecule has 0 saturated carbocycles. The van der Waals surface area contributed by atoms with E-state index in [2.05, 4.69) is 20.8 Å². The largest absolute Gasteiger partial charge is 0.503 e. The molecule has 0 aromatic heterocycles. The summed E-state index contributed by atoms with van der Waals surface area (Å²) in [6.07, 6.45) is 0. The molecule has 1 amide bonds. The third-order valence-corrected chi connectivity index (χ3v) is 5.16. The molecule has 1 aromatic rings. The van der Waals surface area contributed by atoms with Crippen LogP contribution in [-0.4, -0.2) is 66.0 Å². The summed E-state index contributed by atoms with van der Waals surface area (Å²) in [7, 11) is 0. The molecule has 6 nitrogen and oxygen atoms in total. The van der Waals surface area contributed by atoms with Crippen LogP contribution in [0.3, 0.4) is 0 Å². The molecular formula is C18H21BrN2O4. The summed E-state index contributed by atoms with van der Waals surface area (Å²) in [5, 5.41) is 10.2. The van der Waals surface area contributed by atoms with Crippen LogP contribution in [0.1, 0.15) is 18.5 Å². The number of ketones is 1. The Morgan fingerprint density at radius 3 is 2.48 bits per heavy atom. The molecule has 3 rings (SSSR count). The summed E-state index contributed by atoms with van der Waals surface area (Å²) < 4.78 is 6.26. The summed E-state index contributed by atoms with van der Waals surface area (Å²) >= 11 is 3.39. The molecule has 7 heteroatoms. The van der Waals surface area contributed by atoms with E-state index in [0.29, 0.717) is 26.3 Å². The molecule has 2 aliphatic rings. The fourth-order valence-electron chi connectivity index (χ4n) is 3.31. The number of morpholine rings is 1. The highest BCUT2D eigenvalue weighted by Crippen LogP contribution is 2.37. The van der Waals surface area contributed by atoms with Crippen molar-refractivity contribution < 1.29 is 19.4 Å². The summed E-state index contributed by atoms with van der Waals surface area (Å²) in [4.78, 5) is 28.4. The number of halogens is 1. The van der Waals surface area contributed by atoms with Gasteiger partial charge in [-0.1, -0.05) is 28.1 Å². The van der Waals surface area contributed by atoms with Crippen LogP contribution in [0.25, 0.3) is 0 Å². The molecule has 1 fully saturated rings. The minimum atomic E-state index is -0.542. The first kappa shape index (κ1) is 18.1. The number of hydrogen-bond donors (Lipinski definition) is 1. The summed E-state index contributed by atoms with van der Waals surface area (Å²) in [5.74, 6) is -1.19.